The Kier molecular flexibility index (Phi) is 3.49. The molecule has 4 saturated heterocycles. The first kappa shape index (κ1) is 15.9. The molecule has 0 unspecified atom stereocenters. The van der Waals surface area contributed by atoms with E-state index in [1.165, 1.54) is 44.3 Å². The van der Waals surface area contributed by atoms with E-state index in [-0.39, 0.29) is 5.91 Å². The molecule has 7 rings (SSSR count). The van der Waals surface area contributed by atoms with Crippen molar-refractivity contribution in [1.82, 2.24) is 20.0 Å². The molecule has 5 heterocycles. The molecule has 5 heteroatoms. The third-order valence-corrected chi connectivity index (χ3v) is 7.32. The van der Waals surface area contributed by atoms with Crippen molar-refractivity contribution >= 4 is 5.91 Å². The van der Waals surface area contributed by atoms with E-state index in [1.54, 1.807) is 0 Å². The van der Waals surface area contributed by atoms with Crippen LogP contribution in [-0.2, 0) is 0 Å². The zero-order valence-electron chi connectivity index (χ0n) is 15.6. The lowest BCUT2D eigenvalue weighted by Crippen LogP contribution is -2.60. The Morgan fingerprint density at radius 1 is 1.04 bits per heavy atom. The predicted octanol–water partition coefficient (Wildman–Crippen LogP) is 2.99. The van der Waals surface area contributed by atoms with Gasteiger partial charge in [0.2, 0.25) is 0 Å². The number of fused-ring (bicyclic) bond motifs is 2. The minimum Gasteiger partial charge on any atom is -0.332 e. The van der Waals surface area contributed by atoms with Crippen molar-refractivity contribution in [3.8, 4) is 0 Å². The van der Waals surface area contributed by atoms with Crippen LogP contribution < -0.4 is 0 Å². The molecule has 3 atom stereocenters. The van der Waals surface area contributed by atoms with Crippen LogP contribution in [0, 0.1) is 5.92 Å². The predicted molar refractivity (Wildman–Crippen MR) is 103 cm³/mol. The van der Waals surface area contributed by atoms with Crippen molar-refractivity contribution < 1.29 is 4.79 Å². The SMILES string of the molecule is O=C(c1cc(C2CC2)[nH]n1)N1C[C@H](c2ccccc2)[C@@H]2[C@H]1C1CCN2CC1. The monoisotopic (exact) mass is 362 g/mol. The summed E-state index contributed by atoms with van der Waals surface area (Å²) in [5.74, 6) is 1.77. The van der Waals surface area contributed by atoms with Gasteiger partial charge in [0, 0.05) is 30.1 Å². The zero-order valence-corrected chi connectivity index (χ0v) is 15.6. The number of hydrogen-bond acceptors (Lipinski definition) is 3. The van der Waals surface area contributed by atoms with Crippen LogP contribution in [-0.4, -0.2) is 57.6 Å². The molecule has 5 fully saturated rings. The fourth-order valence-electron chi connectivity index (χ4n) is 5.84. The number of amides is 1. The van der Waals surface area contributed by atoms with E-state index >= 15 is 0 Å². The van der Waals surface area contributed by atoms with Gasteiger partial charge < -0.3 is 4.90 Å². The lowest BCUT2D eigenvalue weighted by Gasteiger charge is -2.51. The van der Waals surface area contributed by atoms with Crippen LogP contribution in [0.25, 0.3) is 0 Å². The highest BCUT2D eigenvalue weighted by Gasteiger charge is 2.54. The van der Waals surface area contributed by atoms with Gasteiger partial charge >= 0.3 is 0 Å². The van der Waals surface area contributed by atoms with Gasteiger partial charge in [-0.2, -0.15) is 5.10 Å². The van der Waals surface area contributed by atoms with Crippen molar-refractivity contribution in [3.05, 3.63) is 53.3 Å². The van der Waals surface area contributed by atoms with Crippen LogP contribution in [0.5, 0.6) is 0 Å². The van der Waals surface area contributed by atoms with E-state index < -0.39 is 0 Å². The van der Waals surface area contributed by atoms with Gasteiger partial charge in [-0.15, -0.1) is 0 Å². The summed E-state index contributed by atoms with van der Waals surface area (Å²) in [6, 6.07) is 13.6. The van der Waals surface area contributed by atoms with E-state index in [4.69, 9.17) is 0 Å². The van der Waals surface area contributed by atoms with Crippen LogP contribution in [0.3, 0.4) is 0 Å². The first-order valence-electron chi connectivity index (χ1n) is 10.4. The second kappa shape index (κ2) is 5.93. The van der Waals surface area contributed by atoms with Crippen LogP contribution in [0.15, 0.2) is 36.4 Å². The summed E-state index contributed by atoms with van der Waals surface area (Å²) in [6.45, 7) is 3.19. The molecule has 27 heavy (non-hydrogen) atoms. The Morgan fingerprint density at radius 3 is 2.56 bits per heavy atom. The smallest absolute Gasteiger partial charge is 0.274 e. The van der Waals surface area contributed by atoms with Crippen LogP contribution in [0.1, 0.15) is 59.3 Å². The molecule has 2 aromatic rings. The fourth-order valence-corrected chi connectivity index (χ4v) is 5.84. The molecular formula is C22H26N4O. The molecule has 4 aliphatic heterocycles. The maximum absolute atomic E-state index is 13.4. The Balaban J connectivity index is 1.35. The first-order chi connectivity index (χ1) is 13.3. The number of benzene rings is 1. The molecule has 5 aliphatic rings. The summed E-state index contributed by atoms with van der Waals surface area (Å²) in [5, 5.41) is 7.50. The molecule has 1 saturated carbocycles. The highest BCUT2D eigenvalue weighted by molar-refractivity contribution is 5.93. The zero-order chi connectivity index (χ0) is 18.0. The van der Waals surface area contributed by atoms with E-state index in [1.807, 2.05) is 6.07 Å². The van der Waals surface area contributed by atoms with Crippen molar-refractivity contribution in [2.24, 2.45) is 5.92 Å². The Labute approximate surface area is 159 Å². The fraction of sp³-hybridized carbons (Fsp3) is 0.545. The number of H-pyrrole nitrogens is 1. The Bertz CT molecular complexity index is 850. The van der Waals surface area contributed by atoms with Gasteiger partial charge in [0.15, 0.2) is 0 Å². The second-order valence-corrected chi connectivity index (χ2v) is 8.81. The lowest BCUT2D eigenvalue weighted by molar-refractivity contribution is -0.00358. The van der Waals surface area contributed by atoms with Crippen LogP contribution >= 0.6 is 0 Å². The van der Waals surface area contributed by atoms with Crippen LogP contribution in [0.4, 0.5) is 0 Å². The number of likely N-dealkylation sites (tertiary alicyclic amines) is 1. The van der Waals surface area contributed by atoms with Crippen molar-refractivity contribution in [3.63, 3.8) is 0 Å². The summed E-state index contributed by atoms with van der Waals surface area (Å²) >= 11 is 0. The maximum atomic E-state index is 13.4. The average molecular weight is 362 g/mol. The van der Waals surface area contributed by atoms with Gasteiger partial charge in [-0.3, -0.25) is 14.8 Å². The second-order valence-electron chi connectivity index (χ2n) is 8.81. The standard InChI is InChI=1S/C22H26N4O/c27-22(19-12-18(23-24-19)15-6-7-15)26-13-17(14-4-2-1-3-5-14)21-20(26)16-8-10-25(21)11-9-16/h1-5,12,15-17,20-21H,6-11,13H2,(H,23,24)/t17-,20-,21-/m1/s1. The van der Waals surface area contributed by atoms with E-state index in [0.29, 0.717) is 35.5 Å². The van der Waals surface area contributed by atoms with Gasteiger partial charge in [-0.05, 0) is 56.3 Å². The van der Waals surface area contributed by atoms with Crippen molar-refractivity contribution in [2.75, 3.05) is 19.6 Å². The number of piperidine rings is 3. The van der Waals surface area contributed by atoms with Crippen molar-refractivity contribution in [1.29, 1.82) is 0 Å². The number of aromatic nitrogens is 2. The normalized spacial score (nSPS) is 34.7. The molecule has 1 N–H and O–H groups in total. The topological polar surface area (TPSA) is 52.2 Å². The molecule has 1 aromatic carbocycles. The Hall–Kier alpha value is -2.14. The number of hydrogen-bond donors (Lipinski definition) is 1. The molecule has 0 spiro atoms. The van der Waals surface area contributed by atoms with Gasteiger partial charge in [-0.1, -0.05) is 30.3 Å². The lowest BCUT2D eigenvalue weighted by atomic mass is 9.75. The molecule has 2 bridgehead atoms. The highest BCUT2D eigenvalue weighted by atomic mass is 16.2. The Morgan fingerprint density at radius 2 is 1.81 bits per heavy atom. The van der Waals surface area contributed by atoms with Crippen molar-refractivity contribution in [2.45, 2.75) is 49.6 Å². The summed E-state index contributed by atoms with van der Waals surface area (Å²) in [7, 11) is 0. The van der Waals surface area contributed by atoms with Crippen LogP contribution in [0.2, 0.25) is 0 Å². The first-order valence-corrected chi connectivity index (χ1v) is 10.4. The van der Waals surface area contributed by atoms with E-state index in [9.17, 15) is 4.79 Å². The number of nitrogens with zero attached hydrogens (tertiary/aromatic N) is 3. The molecule has 1 aliphatic carbocycles. The number of rotatable bonds is 3. The minimum atomic E-state index is 0.125. The minimum absolute atomic E-state index is 0.125. The number of carbonyl (C=O) groups is 1. The third-order valence-electron chi connectivity index (χ3n) is 7.32. The largest absolute Gasteiger partial charge is 0.332 e. The molecular weight excluding hydrogens is 336 g/mol. The average Bonchev–Trinajstić information content (AvgIpc) is 3.30. The molecule has 140 valence electrons. The van der Waals surface area contributed by atoms with Gasteiger partial charge in [-0.25, -0.2) is 0 Å². The quantitative estimate of drug-likeness (QED) is 0.913. The van der Waals surface area contributed by atoms with Gasteiger partial charge in [0.1, 0.15) is 5.69 Å². The van der Waals surface area contributed by atoms with E-state index in [2.05, 4.69) is 50.3 Å². The number of nitrogens with one attached hydrogen (secondary N) is 1. The number of carbonyl (C=O) groups excluding carboxylic acids is 1. The summed E-state index contributed by atoms with van der Waals surface area (Å²) in [5.41, 5.74) is 3.12. The molecule has 5 nitrogen and oxygen atoms in total. The van der Waals surface area contributed by atoms with Gasteiger partial charge in [0.25, 0.3) is 5.91 Å². The maximum Gasteiger partial charge on any atom is 0.274 e. The molecule has 1 aromatic heterocycles. The highest BCUT2D eigenvalue weighted by Crippen LogP contribution is 2.47. The van der Waals surface area contributed by atoms with E-state index in [0.717, 1.165) is 12.2 Å². The van der Waals surface area contributed by atoms with Gasteiger partial charge in [0.05, 0.1) is 6.04 Å². The number of aromatic amines is 1. The summed E-state index contributed by atoms with van der Waals surface area (Å²) in [6.07, 6.45) is 4.88. The third kappa shape index (κ3) is 2.48. The molecule has 1 amide bonds. The molecule has 0 radical (unpaired) electrons. The summed E-state index contributed by atoms with van der Waals surface area (Å²) in [4.78, 5) is 18.3. The summed E-state index contributed by atoms with van der Waals surface area (Å²) < 4.78 is 0.